The van der Waals surface area contributed by atoms with Crippen molar-refractivity contribution in [2.24, 2.45) is 0 Å². The molecule has 2 aromatic rings. The minimum atomic E-state index is -1.09. The fourth-order valence-corrected chi connectivity index (χ4v) is 1.64. The average Bonchev–Trinajstić information content (AvgIpc) is 2.75. The Morgan fingerprint density at radius 3 is 2.89 bits per heavy atom. The number of carboxylic acid groups (broad SMARTS) is 1. The van der Waals surface area contributed by atoms with Gasteiger partial charge in [-0.3, -0.25) is 4.79 Å². The molecule has 0 aliphatic rings. The Hall–Kier alpha value is -2.57. The number of urea groups is 1. The number of aliphatic carboxylic acids is 1. The van der Waals surface area contributed by atoms with E-state index < -0.39 is 18.5 Å². The highest BCUT2D eigenvalue weighted by Gasteiger charge is 2.06. The summed E-state index contributed by atoms with van der Waals surface area (Å²) in [5.74, 6) is -0.472. The molecule has 0 radical (unpaired) electrons. The molecule has 0 aliphatic heterocycles. The van der Waals surface area contributed by atoms with E-state index in [9.17, 15) is 9.59 Å². The van der Waals surface area contributed by atoms with E-state index in [1.165, 1.54) is 0 Å². The molecule has 7 nitrogen and oxygen atoms in total. The van der Waals surface area contributed by atoms with E-state index in [2.05, 4.69) is 20.6 Å². The van der Waals surface area contributed by atoms with E-state index >= 15 is 0 Å². The van der Waals surface area contributed by atoms with Crippen molar-refractivity contribution in [2.75, 3.05) is 6.54 Å². The van der Waals surface area contributed by atoms with Crippen LogP contribution in [0.1, 0.15) is 11.4 Å². The van der Waals surface area contributed by atoms with Gasteiger partial charge in [-0.1, -0.05) is 6.07 Å². The number of carbonyl (C=O) groups is 2. The third-order valence-electron chi connectivity index (χ3n) is 2.50. The summed E-state index contributed by atoms with van der Waals surface area (Å²) in [6, 6.07) is 5.28. The van der Waals surface area contributed by atoms with Gasteiger partial charge < -0.3 is 20.7 Å². The molecule has 1 heterocycles. The number of nitrogens with zero attached hydrogens (tertiary/aromatic N) is 1. The molecule has 19 heavy (non-hydrogen) atoms. The summed E-state index contributed by atoms with van der Waals surface area (Å²) >= 11 is 0. The molecule has 1 aromatic carbocycles. The lowest BCUT2D eigenvalue weighted by atomic mass is 10.2. The third-order valence-corrected chi connectivity index (χ3v) is 2.50. The van der Waals surface area contributed by atoms with Crippen molar-refractivity contribution in [3.63, 3.8) is 0 Å². The molecule has 0 atom stereocenters. The van der Waals surface area contributed by atoms with Crippen molar-refractivity contribution in [3.8, 4) is 0 Å². The Morgan fingerprint density at radius 2 is 2.16 bits per heavy atom. The molecular weight excluding hydrogens is 248 g/mol. The second kappa shape index (κ2) is 5.38. The van der Waals surface area contributed by atoms with Crippen molar-refractivity contribution in [1.82, 2.24) is 20.6 Å². The van der Waals surface area contributed by atoms with Crippen molar-refractivity contribution < 1.29 is 14.7 Å². The van der Waals surface area contributed by atoms with E-state index in [0.29, 0.717) is 5.82 Å². The van der Waals surface area contributed by atoms with Crippen LogP contribution in [0.2, 0.25) is 0 Å². The maximum Gasteiger partial charge on any atom is 0.323 e. The van der Waals surface area contributed by atoms with Crippen LogP contribution in [0.3, 0.4) is 0 Å². The summed E-state index contributed by atoms with van der Waals surface area (Å²) in [6.45, 7) is 1.78. The number of benzene rings is 1. The summed E-state index contributed by atoms with van der Waals surface area (Å²) in [7, 11) is 0. The third kappa shape index (κ3) is 3.44. The van der Waals surface area contributed by atoms with Crippen LogP contribution in [0.4, 0.5) is 4.79 Å². The van der Waals surface area contributed by atoms with Crippen LogP contribution in [0.5, 0.6) is 0 Å². The summed E-state index contributed by atoms with van der Waals surface area (Å²) in [6.07, 6.45) is 0. The summed E-state index contributed by atoms with van der Waals surface area (Å²) in [5.41, 5.74) is 2.85. The first-order valence-electron chi connectivity index (χ1n) is 5.73. The summed E-state index contributed by atoms with van der Waals surface area (Å²) in [5, 5.41) is 13.1. The number of amides is 2. The van der Waals surface area contributed by atoms with E-state index in [0.717, 1.165) is 16.6 Å². The maximum absolute atomic E-state index is 11.3. The zero-order valence-electron chi connectivity index (χ0n) is 10.4. The number of hydrogen-bond donors (Lipinski definition) is 4. The first-order valence-corrected chi connectivity index (χ1v) is 5.73. The zero-order chi connectivity index (χ0) is 13.8. The van der Waals surface area contributed by atoms with Gasteiger partial charge in [-0.15, -0.1) is 0 Å². The number of fused-ring (bicyclic) bond motifs is 1. The Morgan fingerprint density at radius 1 is 1.37 bits per heavy atom. The molecule has 0 bridgehead atoms. The van der Waals surface area contributed by atoms with Crippen molar-refractivity contribution in [3.05, 3.63) is 29.6 Å². The molecule has 0 unspecified atom stereocenters. The summed E-state index contributed by atoms with van der Waals surface area (Å²) < 4.78 is 0. The molecule has 2 rings (SSSR count). The Labute approximate surface area is 109 Å². The van der Waals surface area contributed by atoms with E-state index in [4.69, 9.17) is 5.11 Å². The molecule has 0 saturated heterocycles. The molecule has 0 aliphatic carbocycles. The number of carbonyl (C=O) groups excluding carboxylic acids is 1. The number of H-pyrrole nitrogens is 1. The molecule has 7 heteroatoms. The standard InChI is InChI=1S/C12H14N4O3/c1-7-2-3-8-9(4-7)16-10(15-8)5-13-12(19)14-6-11(17)18/h2-4H,5-6H2,1H3,(H,15,16)(H,17,18)(H2,13,14,19). The number of imidazole rings is 1. The first kappa shape index (κ1) is 12.9. The highest BCUT2D eigenvalue weighted by Crippen LogP contribution is 2.12. The highest BCUT2D eigenvalue weighted by atomic mass is 16.4. The highest BCUT2D eigenvalue weighted by molar-refractivity contribution is 5.80. The van der Waals surface area contributed by atoms with Gasteiger partial charge >= 0.3 is 12.0 Å². The van der Waals surface area contributed by atoms with Crippen LogP contribution < -0.4 is 10.6 Å². The van der Waals surface area contributed by atoms with Crippen molar-refractivity contribution in [1.29, 1.82) is 0 Å². The van der Waals surface area contributed by atoms with Crippen LogP contribution in [0.25, 0.3) is 11.0 Å². The number of aromatic nitrogens is 2. The number of rotatable bonds is 4. The van der Waals surface area contributed by atoms with Crippen molar-refractivity contribution >= 4 is 23.0 Å². The molecule has 0 spiro atoms. The minimum absolute atomic E-state index is 0.208. The fourth-order valence-electron chi connectivity index (χ4n) is 1.64. The van der Waals surface area contributed by atoms with Gasteiger partial charge in [0.15, 0.2) is 0 Å². The van der Waals surface area contributed by atoms with Crippen LogP contribution in [-0.2, 0) is 11.3 Å². The average molecular weight is 262 g/mol. The lowest BCUT2D eigenvalue weighted by molar-refractivity contribution is -0.135. The summed E-state index contributed by atoms with van der Waals surface area (Å²) in [4.78, 5) is 28.9. The largest absolute Gasteiger partial charge is 0.480 e. The fraction of sp³-hybridized carbons (Fsp3) is 0.250. The van der Waals surface area contributed by atoms with Crippen LogP contribution in [0, 0.1) is 6.92 Å². The predicted octanol–water partition coefficient (Wildman–Crippen LogP) is 0.755. The van der Waals surface area contributed by atoms with Crippen molar-refractivity contribution in [2.45, 2.75) is 13.5 Å². The van der Waals surface area contributed by atoms with Crippen LogP contribution >= 0.6 is 0 Å². The van der Waals surface area contributed by atoms with Gasteiger partial charge in [0.1, 0.15) is 12.4 Å². The Kier molecular flexibility index (Phi) is 3.65. The minimum Gasteiger partial charge on any atom is -0.480 e. The monoisotopic (exact) mass is 262 g/mol. The lowest BCUT2D eigenvalue weighted by Crippen LogP contribution is -2.38. The number of hydrogen-bond acceptors (Lipinski definition) is 3. The first-order chi connectivity index (χ1) is 9.04. The topological polar surface area (TPSA) is 107 Å². The molecule has 100 valence electrons. The van der Waals surface area contributed by atoms with Gasteiger partial charge in [0.05, 0.1) is 17.6 Å². The second-order valence-electron chi connectivity index (χ2n) is 4.13. The van der Waals surface area contributed by atoms with Crippen LogP contribution in [0.15, 0.2) is 18.2 Å². The molecule has 1 aromatic heterocycles. The second-order valence-corrected chi connectivity index (χ2v) is 4.13. The Bertz CT molecular complexity index is 620. The van der Waals surface area contributed by atoms with Gasteiger partial charge in [0.2, 0.25) is 0 Å². The zero-order valence-corrected chi connectivity index (χ0v) is 10.4. The molecule has 0 saturated carbocycles. The SMILES string of the molecule is Cc1ccc2nc(CNC(=O)NCC(=O)O)[nH]c2c1. The normalized spacial score (nSPS) is 10.4. The van der Waals surface area contributed by atoms with Crippen LogP contribution in [-0.4, -0.2) is 33.6 Å². The number of nitrogens with one attached hydrogen (secondary N) is 3. The Balaban J connectivity index is 1.94. The lowest BCUT2D eigenvalue weighted by Gasteiger charge is -2.03. The van der Waals surface area contributed by atoms with E-state index in [1.54, 1.807) is 0 Å². The smallest absolute Gasteiger partial charge is 0.323 e. The number of aromatic amines is 1. The van der Waals surface area contributed by atoms with E-state index in [1.807, 2.05) is 25.1 Å². The van der Waals surface area contributed by atoms with Gasteiger partial charge in [0, 0.05) is 0 Å². The molecular formula is C12H14N4O3. The van der Waals surface area contributed by atoms with Gasteiger partial charge in [-0.25, -0.2) is 9.78 Å². The van der Waals surface area contributed by atoms with Gasteiger partial charge in [0.25, 0.3) is 0 Å². The van der Waals surface area contributed by atoms with Gasteiger partial charge in [-0.05, 0) is 24.6 Å². The number of aryl methyl sites for hydroxylation is 1. The van der Waals surface area contributed by atoms with Gasteiger partial charge in [-0.2, -0.15) is 0 Å². The molecule has 2 amide bonds. The molecule has 4 N–H and O–H groups in total. The predicted molar refractivity (Wildman–Crippen MR) is 68.7 cm³/mol. The maximum atomic E-state index is 11.3. The van der Waals surface area contributed by atoms with E-state index in [-0.39, 0.29) is 6.54 Å². The molecule has 0 fully saturated rings. The number of carboxylic acids is 1. The quantitative estimate of drug-likeness (QED) is 0.652.